The fourth-order valence-corrected chi connectivity index (χ4v) is 5.17. The third kappa shape index (κ3) is 1.50. The summed E-state index contributed by atoms with van der Waals surface area (Å²) in [6.45, 7) is 0.179. The molecule has 3 aliphatic rings. The molecule has 0 amide bonds. The van der Waals surface area contributed by atoms with Gasteiger partial charge in [0.2, 0.25) is 0 Å². The monoisotopic (exact) mass is 342 g/mol. The van der Waals surface area contributed by atoms with Crippen molar-refractivity contribution in [2.24, 2.45) is 0 Å². The van der Waals surface area contributed by atoms with E-state index in [0.717, 1.165) is 0 Å². The quantitative estimate of drug-likeness (QED) is 0.399. The predicted octanol–water partition coefficient (Wildman–Crippen LogP) is 5.33. The molecule has 0 N–H and O–H groups in total. The standard InChI is InChI=1S/C24H15BN2/c1-3-12-20-16(8-1)18-10-7-11-19-17-9-2-4-13-21(17)27-23-15-6-5-14-22(23)26(20)25(27)24(18)19/h1-15H. The summed E-state index contributed by atoms with van der Waals surface area (Å²) < 4.78 is 0. The average molecular weight is 342 g/mol. The maximum absolute atomic E-state index is 2.52. The van der Waals surface area contributed by atoms with Gasteiger partial charge < -0.3 is 9.62 Å². The lowest BCUT2D eigenvalue weighted by molar-refractivity contribution is 1.36. The van der Waals surface area contributed by atoms with Crippen LogP contribution in [0.15, 0.2) is 91.0 Å². The first-order valence-electron chi connectivity index (χ1n) is 9.43. The maximum Gasteiger partial charge on any atom is 0.422 e. The summed E-state index contributed by atoms with van der Waals surface area (Å²) in [6, 6.07) is 33.2. The van der Waals surface area contributed by atoms with Gasteiger partial charge in [-0.25, -0.2) is 0 Å². The van der Waals surface area contributed by atoms with Crippen LogP contribution in [-0.4, -0.2) is 6.98 Å². The second-order valence-electron chi connectivity index (χ2n) is 7.40. The topological polar surface area (TPSA) is 6.48 Å². The first-order valence-corrected chi connectivity index (χ1v) is 9.43. The summed E-state index contributed by atoms with van der Waals surface area (Å²) in [7, 11) is 0. The lowest BCUT2D eigenvalue weighted by atomic mass is 9.55. The molecule has 3 heterocycles. The minimum absolute atomic E-state index is 0.179. The summed E-state index contributed by atoms with van der Waals surface area (Å²) >= 11 is 0. The fraction of sp³-hybridized carbons (Fsp3) is 0. The van der Waals surface area contributed by atoms with Gasteiger partial charge in [-0.1, -0.05) is 66.7 Å². The maximum atomic E-state index is 2.52. The Hall–Kier alpha value is -3.46. The summed E-state index contributed by atoms with van der Waals surface area (Å²) in [4.78, 5) is 5.04. The molecule has 0 aromatic heterocycles. The Kier molecular flexibility index (Phi) is 2.35. The van der Waals surface area contributed by atoms with Crippen molar-refractivity contribution < 1.29 is 0 Å². The lowest BCUT2D eigenvalue weighted by Crippen LogP contribution is -2.58. The molecule has 0 atom stereocenters. The molecule has 0 aliphatic carbocycles. The number of para-hydroxylation sites is 4. The lowest BCUT2D eigenvalue weighted by Gasteiger charge is -2.41. The van der Waals surface area contributed by atoms with Crippen LogP contribution in [0.3, 0.4) is 0 Å². The summed E-state index contributed by atoms with van der Waals surface area (Å²) in [5.74, 6) is 0. The van der Waals surface area contributed by atoms with Crippen molar-refractivity contribution in [2.75, 3.05) is 9.62 Å². The van der Waals surface area contributed by atoms with Gasteiger partial charge in [-0.2, -0.15) is 0 Å². The molecule has 3 heteroatoms. The fourth-order valence-electron chi connectivity index (χ4n) is 5.17. The van der Waals surface area contributed by atoms with Crippen LogP contribution >= 0.6 is 0 Å². The molecule has 0 saturated heterocycles. The SMILES string of the molecule is c1ccc2c(c1)-c1cccc3c1B1N2c2ccccc2N1c1ccccc1-3. The van der Waals surface area contributed by atoms with Gasteiger partial charge in [0.25, 0.3) is 0 Å². The van der Waals surface area contributed by atoms with Crippen LogP contribution in [0.2, 0.25) is 0 Å². The minimum Gasteiger partial charge on any atom is -0.359 e. The van der Waals surface area contributed by atoms with Crippen LogP contribution in [-0.2, 0) is 0 Å². The molecule has 2 nitrogen and oxygen atoms in total. The van der Waals surface area contributed by atoms with Crippen LogP contribution in [0.1, 0.15) is 0 Å². The zero-order valence-electron chi connectivity index (χ0n) is 14.6. The zero-order valence-corrected chi connectivity index (χ0v) is 14.6. The van der Waals surface area contributed by atoms with E-state index in [1.165, 1.54) is 50.5 Å². The van der Waals surface area contributed by atoms with Crippen LogP contribution in [0.25, 0.3) is 22.3 Å². The number of fused-ring (bicyclic) bond motifs is 9. The number of rotatable bonds is 0. The molecule has 0 unspecified atom stereocenters. The van der Waals surface area contributed by atoms with E-state index < -0.39 is 0 Å². The number of benzene rings is 4. The molecule has 0 spiro atoms. The van der Waals surface area contributed by atoms with Gasteiger partial charge in [-0.15, -0.1) is 0 Å². The first kappa shape index (κ1) is 13.7. The van der Waals surface area contributed by atoms with Gasteiger partial charge in [0, 0.05) is 22.5 Å². The Morgan fingerprint density at radius 2 is 0.815 bits per heavy atom. The number of hydrogen-bond acceptors (Lipinski definition) is 2. The highest BCUT2D eigenvalue weighted by atomic mass is 15.3. The van der Waals surface area contributed by atoms with Gasteiger partial charge >= 0.3 is 6.98 Å². The van der Waals surface area contributed by atoms with Gasteiger partial charge in [0.05, 0.1) is 11.4 Å². The number of nitrogens with zero attached hydrogens (tertiary/aromatic N) is 2. The third-order valence-corrected chi connectivity index (χ3v) is 6.16. The van der Waals surface area contributed by atoms with Gasteiger partial charge in [-0.05, 0) is 40.9 Å². The predicted molar refractivity (Wildman–Crippen MR) is 113 cm³/mol. The van der Waals surface area contributed by atoms with Crippen molar-refractivity contribution in [3.8, 4) is 22.3 Å². The highest BCUT2D eigenvalue weighted by molar-refractivity contribution is 6.88. The molecule has 4 aromatic rings. The number of hydrogen-bond donors (Lipinski definition) is 0. The molecule has 27 heavy (non-hydrogen) atoms. The van der Waals surface area contributed by atoms with E-state index >= 15 is 0 Å². The molecule has 0 fully saturated rings. The van der Waals surface area contributed by atoms with E-state index in [2.05, 4.69) is 101 Å². The van der Waals surface area contributed by atoms with E-state index in [9.17, 15) is 0 Å². The van der Waals surface area contributed by atoms with E-state index in [1.54, 1.807) is 0 Å². The van der Waals surface area contributed by atoms with Gasteiger partial charge in [-0.3, -0.25) is 0 Å². The van der Waals surface area contributed by atoms with E-state index in [-0.39, 0.29) is 6.98 Å². The summed E-state index contributed by atoms with van der Waals surface area (Å²) in [6.07, 6.45) is 0. The number of anilines is 4. The second kappa shape index (κ2) is 4.63. The van der Waals surface area contributed by atoms with E-state index in [0.29, 0.717) is 0 Å². The smallest absolute Gasteiger partial charge is 0.359 e. The molecule has 0 bridgehead atoms. The zero-order chi connectivity index (χ0) is 17.5. The normalized spacial score (nSPS) is 14.4. The van der Waals surface area contributed by atoms with E-state index in [4.69, 9.17) is 0 Å². The van der Waals surface area contributed by atoms with Crippen molar-refractivity contribution in [3.63, 3.8) is 0 Å². The van der Waals surface area contributed by atoms with Crippen molar-refractivity contribution in [3.05, 3.63) is 91.0 Å². The van der Waals surface area contributed by atoms with Gasteiger partial charge in [0.15, 0.2) is 0 Å². The molecule has 7 rings (SSSR count). The molecular weight excluding hydrogens is 327 g/mol. The largest absolute Gasteiger partial charge is 0.422 e. The van der Waals surface area contributed by atoms with Gasteiger partial charge in [0.1, 0.15) is 0 Å². The van der Waals surface area contributed by atoms with Crippen molar-refractivity contribution in [1.82, 2.24) is 0 Å². The molecule has 124 valence electrons. The van der Waals surface area contributed by atoms with Crippen molar-refractivity contribution in [2.45, 2.75) is 0 Å². The Morgan fingerprint density at radius 3 is 1.33 bits per heavy atom. The Morgan fingerprint density at radius 1 is 0.407 bits per heavy atom. The summed E-state index contributed by atoms with van der Waals surface area (Å²) in [5.41, 5.74) is 11.9. The van der Waals surface area contributed by atoms with Crippen LogP contribution in [0.4, 0.5) is 22.7 Å². The second-order valence-corrected chi connectivity index (χ2v) is 7.40. The molecule has 0 radical (unpaired) electrons. The highest BCUT2D eigenvalue weighted by Crippen LogP contribution is 2.54. The average Bonchev–Trinajstić information content (AvgIpc) is 3.10. The Bertz CT molecular complexity index is 1170. The van der Waals surface area contributed by atoms with Crippen LogP contribution in [0.5, 0.6) is 0 Å². The molecule has 0 saturated carbocycles. The van der Waals surface area contributed by atoms with Crippen LogP contribution < -0.4 is 15.1 Å². The summed E-state index contributed by atoms with van der Waals surface area (Å²) in [5, 5.41) is 0. The Labute approximate surface area is 158 Å². The van der Waals surface area contributed by atoms with Crippen molar-refractivity contribution >= 4 is 35.2 Å². The van der Waals surface area contributed by atoms with Crippen LogP contribution in [0, 0.1) is 0 Å². The molecular formula is C24H15BN2. The highest BCUT2D eigenvalue weighted by Gasteiger charge is 2.51. The Balaban J connectivity index is 1.71. The third-order valence-electron chi connectivity index (χ3n) is 6.16. The van der Waals surface area contributed by atoms with Crippen molar-refractivity contribution in [1.29, 1.82) is 0 Å². The molecule has 3 aliphatic heterocycles. The molecule has 4 aromatic carbocycles. The first-order chi connectivity index (χ1) is 13.4. The van der Waals surface area contributed by atoms with E-state index in [1.807, 2.05) is 0 Å². The minimum atomic E-state index is 0.179.